The smallest absolute Gasteiger partial charge is 0.319 e. The maximum absolute atomic E-state index is 12.0. The average Bonchev–Trinajstić information content (AvgIpc) is 2.48. The number of hydrogen-bond donors (Lipinski definition) is 2. The molecule has 0 unspecified atom stereocenters. The highest BCUT2D eigenvalue weighted by atomic mass is 16.2. The Morgan fingerprint density at radius 3 is 2.55 bits per heavy atom. The first kappa shape index (κ1) is 16.0. The van der Waals surface area contributed by atoms with Crippen molar-refractivity contribution >= 4 is 11.7 Å². The molecule has 0 fully saturated rings. The quantitative estimate of drug-likeness (QED) is 0.826. The molecule has 2 N–H and O–H groups in total. The van der Waals surface area contributed by atoms with Gasteiger partial charge in [-0.05, 0) is 56.4 Å². The molecule has 2 aromatic rings. The van der Waals surface area contributed by atoms with E-state index in [1.165, 1.54) is 11.1 Å². The minimum Gasteiger partial charge on any atom is -0.338 e. The molecule has 0 atom stereocenters. The molecule has 116 valence electrons. The van der Waals surface area contributed by atoms with Gasteiger partial charge in [0.05, 0.1) is 0 Å². The first-order chi connectivity index (χ1) is 10.6. The summed E-state index contributed by atoms with van der Waals surface area (Å²) in [5, 5.41) is 5.84. The second-order valence-electron chi connectivity index (χ2n) is 5.62. The number of pyridine rings is 1. The molecule has 0 saturated carbocycles. The van der Waals surface area contributed by atoms with Crippen LogP contribution in [0.5, 0.6) is 0 Å². The lowest BCUT2D eigenvalue weighted by Gasteiger charge is -2.13. The van der Waals surface area contributed by atoms with E-state index in [2.05, 4.69) is 34.7 Å². The van der Waals surface area contributed by atoms with Crippen LogP contribution < -0.4 is 10.6 Å². The number of carbonyl (C=O) groups is 1. The molecule has 4 heteroatoms. The van der Waals surface area contributed by atoms with Gasteiger partial charge in [0.1, 0.15) is 0 Å². The number of hydrogen-bond acceptors (Lipinski definition) is 2. The largest absolute Gasteiger partial charge is 0.338 e. The number of aromatic nitrogens is 1. The Bertz CT molecular complexity index is 615. The molecule has 0 radical (unpaired) electrons. The standard InChI is InChI=1S/C18H23N3O/c1-13-10-14(2)17(15(3)11-13)21-18(22)20-9-5-7-16-6-4-8-19-12-16/h4,6,8,10-12H,5,7,9H2,1-3H3,(H2,20,21,22). The van der Waals surface area contributed by atoms with Crippen molar-refractivity contribution in [2.75, 3.05) is 11.9 Å². The lowest BCUT2D eigenvalue weighted by Crippen LogP contribution is -2.30. The molecular weight excluding hydrogens is 274 g/mol. The molecule has 4 nitrogen and oxygen atoms in total. The Kier molecular flexibility index (Phi) is 5.53. The van der Waals surface area contributed by atoms with Crippen LogP contribution in [0.25, 0.3) is 0 Å². The van der Waals surface area contributed by atoms with Gasteiger partial charge in [-0.1, -0.05) is 23.8 Å². The normalized spacial score (nSPS) is 10.3. The summed E-state index contributed by atoms with van der Waals surface area (Å²) in [5.41, 5.74) is 5.47. The van der Waals surface area contributed by atoms with E-state index in [1.807, 2.05) is 32.2 Å². The van der Waals surface area contributed by atoms with Gasteiger partial charge in [0.25, 0.3) is 0 Å². The zero-order chi connectivity index (χ0) is 15.9. The highest BCUT2D eigenvalue weighted by Crippen LogP contribution is 2.21. The van der Waals surface area contributed by atoms with Gasteiger partial charge in [0.15, 0.2) is 0 Å². The SMILES string of the molecule is Cc1cc(C)c(NC(=O)NCCCc2cccnc2)c(C)c1. The fourth-order valence-corrected chi connectivity index (χ4v) is 2.58. The van der Waals surface area contributed by atoms with E-state index in [9.17, 15) is 4.79 Å². The van der Waals surface area contributed by atoms with Crippen LogP contribution in [0, 0.1) is 20.8 Å². The Morgan fingerprint density at radius 1 is 1.18 bits per heavy atom. The van der Waals surface area contributed by atoms with E-state index >= 15 is 0 Å². The van der Waals surface area contributed by atoms with Crippen molar-refractivity contribution in [2.24, 2.45) is 0 Å². The van der Waals surface area contributed by atoms with Gasteiger partial charge < -0.3 is 10.6 Å². The summed E-state index contributed by atoms with van der Waals surface area (Å²) in [7, 11) is 0. The molecule has 1 aromatic heterocycles. The third-order valence-corrected chi connectivity index (χ3v) is 3.57. The minimum absolute atomic E-state index is 0.152. The van der Waals surface area contributed by atoms with Crippen molar-refractivity contribution in [3.63, 3.8) is 0 Å². The van der Waals surface area contributed by atoms with Crippen LogP contribution in [-0.2, 0) is 6.42 Å². The van der Waals surface area contributed by atoms with Gasteiger partial charge in [-0.3, -0.25) is 4.98 Å². The molecule has 1 aromatic carbocycles. The zero-order valence-electron chi connectivity index (χ0n) is 13.4. The fourth-order valence-electron chi connectivity index (χ4n) is 2.58. The number of benzene rings is 1. The van der Waals surface area contributed by atoms with Crippen molar-refractivity contribution in [3.8, 4) is 0 Å². The number of rotatable bonds is 5. The van der Waals surface area contributed by atoms with Crippen molar-refractivity contribution in [1.29, 1.82) is 0 Å². The van der Waals surface area contributed by atoms with E-state index in [0.717, 1.165) is 29.7 Å². The average molecular weight is 297 g/mol. The molecule has 0 spiro atoms. The third kappa shape index (κ3) is 4.58. The number of aryl methyl sites for hydroxylation is 4. The first-order valence-corrected chi connectivity index (χ1v) is 7.58. The molecule has 1 heterocycles. The molecule has 0 bridgehead atoms. The van der Waals surface area contributed by atoms with Gasteiger partial charge in [0.2, 0.25) is 0 Å². The van der Waals surface area contributed by atoms with E-state index in [-0.39, 0.29) is 6.03 Å². The Balaban J connectivity index is 1.79. The molecule has 0 aliphatic rings. The van der Waals surface area contributed by atoms with Crippen LogP contribution >= 0.6 is 0 Å². The zero-order valence-corrected chi connectivity index (χ0v) is 13.4. The molecule has 2 rings (SSSR count). The van der Waals surface area contributed by atoms with Crippen LogP contribution in [0.15, 0.2) is 36.7 Å². The minimum atomic E-state index is -0.152. The summed E-state index contributed by atoms with van der Waals surface area (Å²) in [6.07, 6.45) is 5.43. The number of anilines is 1. The number of nitrogens with one attached hydrogen (secondary N) is 2. The van der Waals surface area contributed by atoms with Crippen molar-refractivity contribution in [2.45, 2.75) is 33.6 Å². The summed E-state index contributed by atoms with van der Waals surface area (Å²) in [6.45, 7) is 6.73. The van der Waals surface area contributed by atoms with Crippen LogP contribution in [-0.4, -0.2) is 17.6 Å². The maximum Gasteiger partial charge on any atom is 0.319 e. The molecule has 0 aliphatic carbocycles. The number of nitrogens with zero attached hydrogens (tertiary/aromatic N) is 1. The van der Waals surface area contributed by atoms with E-state index in [1.54, 1.807) is 6.20 Å². The molecule has 2 amide bonds. The van der Waals surface area contributed by atoms with E-state index in [0.29, 0.717) is 6.54 Å². The lowest BCUT2D eigenvalue weighted by atomic mass is 10.1. The molecule has 0 aliphatic heterocycles. The monoisotopic (exact) mass is 297 g/mol. The van der Waals surface area contributed by atoms with E-state index in [4.69, 9.17) is 0 Å². The Hall–Kier alpha value is -2.36. The predicted molar refractivity (Wildman–Crippen MR) is 90.2 cm³/mol. The van der Waals surface area contributed by atoms with Gasteiger partial charge in [-0.2, -0.15) is 0 Å². The number of urea groups is 1. The molecule has 0 saturated heterocycles. The molecule has 22 heavy (non-hydrogen) atoms. The summed E-state index contributed by atoms with van der Waals surface area (Å²) in [6, 6.07) is 7.97. The van der Waals surface area contributed by atoms with Crippen LogP contribution in [0.3, 0.4) is 0 Å². The topological polar surface area (TPSA) is 54.0 Å². The summed E-state index contributed by atoms with van der Waals surface area (Å²) in [4.78, 5) is 16.1. The van der Waals surface area contributed by atoms with Gasteiger partial charge >= 0.3 is 6.03 Å². The maximum atomic E-state index is 12.0. The lowest BCUT2D eigenvalue weighted by molar-refractivity contribution is 0.252. The van der Waals surface area contributed by atoms with Crippen molar-refractivity contribution in [1.82, 2.24) is 10.3 Å². The van der Waals surface area contributed by atoms with Gasteiger partial charge in [-0.25, -0.2) is 4.79 Å². The highest BCUT2D eigenvalue weighted by Gasteiger charge is 2.07. The second kappa shape index (κ2) is 7.59. The number of carbonyl (C=O) groups excluding carboxylic acids is 1. The van der Waals surface area contributed by atoms with Crippen LogP contribution in [0.4, 0.5) is 10.5 Å². The van der Waals surface area contributed by atoms with Crippen molar-refractivity contribution < 1.29 is 4.79 Å². The summed E-state index contributed by atoms with van der Waals surface area (Å²) < 4.78 is 0. The van der Waals surface area contributed by atoms with Gasteiger partial charge in [0, 0.05) is 24.6 Å². The van der Waals surface area contributed by atoms with Crippen LogP contribution in [0.1, 0.15) is 28.7 Å². The van der Waals surface area contributed by atoms with Crippen molar-refractivity contribution in [3.05, 3.63) is 58.9 Å². The fraction of sp³-hybridized carbons (Fsp3) is 0.333. The van der Waals surface area contributed by atoms with Crippen LogP contribution in [0.2, 0.25) is 0 Å². The molecular formula is C18H23N3O. The first-order valence-electron chi connectivity index (χ1n) is 7.58. The summed E-state index contributed by atoms with van der Waals surface area (Å²) in [5.74, 6) is 0. The second-order valence-corrected chi connectivity index (χ2v) is 5.62. The van der Waals surface area contributed by atoms with E-state index < -0.39 is 0 Å². The Morgan fingerprint density at radius 2 is 1.91 bits per heavy atom. The highest BCUT2D eigenvalue weighted by molar-refractivity contribution is 5.91. The van der Waals surface area contributed by atoms with Gasteiger partial charge in [-0.15, -0.1) is 0 Å². The third-order valence-electron chi connectivity index (χ3n) is 3.57. The number of amides is 2. The Labute approximate surface area is 132 Å². The predicted octanol–water partition coefficient (Wildman–Crippen LogP) is 3.76. The summed E-state index contributed by atoms with van der Waals surface area (Å²) >= 11 is 0.